The molecule has 2 unspecified atom stereocenters. The monoisotopic (exact) mass is 448 g/mol. The molecule has 7 nitrogen and oxygen atoms in total. The lowest BCUT2D eigenvalue weighted by Gasteiger charge is -2.07. The Bertz CT molecular complexity index is 386. The molecule has 0 amide bonds. The average Bonchev–Trinajstić information content (AvgIpc) is 3.16. The second-order valence-corrected chi connectivity index (χ2v) is 9.10. The van der Waals surface area contributed by atoms with Crippen molar-refractivity contribution in [2.45, 2.75) is 117 Å². The number of aliphatic hydroxyl groups excluding tert-OH is 2. The highest BCUT2D eigenvalue weighted by Crippen LogP contribution is 2.18. The van der Waals surface area contributed by atoms with Crippen LogP contribution in [-0.2, 0) is 14.3 Å². The molecule has 0 aromatic rings. The van der Waals surface area contributed by atoms with Crippen LogP contribution in [0, 0.1) is 11.8 Å². The Morgan fingerprint density at radius 2 is 1.06 bits per heavy atom. The number of ether oxygens (including phenoxy) is 1. The summed E-state index contributed by atoms with van der Waals surface area (Å²) < 4.78 is 5.16. The molecule has 1 heterocycles. The smallest absolute Gasteiger partial charge is 0.303 e. The molecular formula is C24H48O7. The molecule has 0 spiro atoms. The lowest BCUT2D eigenvalue weighted by molar-refractivity contribution is -0.138. The van der Waals surface area contributed by atoms with Gasteiger partial charge in [0.05, 0.1) is 25.4 Å². The Balaban J connectivity index is 0. The van der Waals surface area contributed by atoms with E-state index in [0.717, 1.165) is 50.4 Å². The van der Waals surface area contributed by atoms with Gasteiger partial charge in [0, 0.05) is 12.8 Å². The first-order valence-corrected chi connectivity index (χ1v) is 11.9. The van der Waals surface area contributed by atoms with Gasteiger partial charge in [-0.15, -0.1) is 0 Å². The van der Waals surface area contributed by atoms with E-state index in [2.05, 4.69) is 27.7 Å². The van der Waals surface area contributed by atoms with Crippen LogP contribution in [0.25, 0.3) is 0 Å². The van der Waals surface area contributed by atoms with Crippen LogP contribution in [0.4, 0.5) is 0 Å². The molecule has 0 aromatic heterocycles. The summed E-state index contributed by atoms with van der Waals surface area (Å²) in [5, 5.41) is 33.8. The lowest BCUT2D eigenvalue weighted by atomic mass is 10.0. The molecule has 4 N–H and O–H groups in total. The molecule has 0 saturated carbocycles. The predicted octanol–water partition coefficient (Wildman–Crippen LogP) is 4.87. The summed E-state index contributed by atoms with van der Waals surface area (Å²) in [6.45, 7) is 8.93. The fraction of sp³-hybridized carbons (Fsp3) is 0.917. The largest absolute Gasteiger partial charge is 0.481 e. The summed E-state index contributed by atoms with van der Waals surface area (Å²) in [5.74, 6) is 0.156. The van der Waals surface area contributed by atoms with E-state index >= 15 is 0 Å². The van der Waals surface area contributed by atoms with E-state index in [1.807, 2.05) is 0 Å². The zero-order valence-electron chi connectivity index (χ0n) is 20.2. The summed E-state index contributed by atoms with van der Waals surface area (Å²) in [7, 11) is 0. The van der Waals surface area contributed by atoms with Crippen molar-refractivity contribution in [2.75, 3.05) is 13.2 Å². The third-order valence-electron chi connectivity index (χ3n) is 4.95. The summed E-state index contributed by atoms with van der Waals surface area (Å²) in [4.78, 5) is 20.2. The van der Waals surface area contributed by atoms with Gasteiger partial charge in [-0.05, 0) is 37.5 Å². The van der Waals surface area contributed by atoms with Gasteiger partial charge in [-0.1, -0.05) is 66.2 Å². The van der Waals surface area contributed by atoms with Gasteiger partial charge in [-0.3, -0.25) is 9.59 Å². The second-order valence-electron chi connectivity index (χ2n) is 9.10. The van der Waals surface area contributed by atoms with E-state index in [1.165, 1.54) is 25.7 Å². The van der Waals surface area contributed by atoms with E-state index in [-0.39, 0.29) is 25.4 Å². The van der Waals surface area contributed by atoms with Gasteiger partial charge >= 0.3 is 11.9 Å². The number of hydrogen-bond acceptors (Lipinski definition) is 5. The number of carboxylic acids is 2. The summed E-state index contributed by atoms with van der Waals surface area (Å²) in [6, 6.07) is 0. The molecule has 1 saturated heterocycles. The van der Waals surface area contributed by atoms with Gasteiger partial charge in [0.25, 0.3) is 0 Å². The molecule has 2 atom stereocenters. The van der Waals surface area contributed by atoms with E-state index < -0.39 is 11.9 Å². The van der Waals surface area contributed by atoms with Crippen molar-refractivity contribution in [3.8, 4) is 0 Å². The molecule has 0 aromatic carbocycles. The zero-order chi connectivity index (χ0) is 24.1. The van der Waals surface area contributed by atoms with Crippen molar-refractivity contribution < 1.29 is 34.8 Å². The molecular weight excluding hydrogens is 400 g/mol. The number of hydrogen-bond donors (Lipinski definition) is 4. The molecule has 31 heavy (non-hydrogen) atoms. The number of carboxylic acid groups (broad SMARTS) is 2. The molecule has 0 radical (unpaired) electrons. The topological polar surface area (TPSA) is 124 Å². The second kappa shape index (κ2) is 22.0. The minimum atomic E-state index is -0.672. The number of aliphatic carboxylic acids is 2. The molecule has 1 aliphatic heterocycles. The highest BCUT2D eigenvalue weighted by molar-refractivity contribution is 5.66. The third-order valence-corrected chi connectivity index (χ3v) is 4.95. The maximum absolute atomic E-state index is 10.1. The summed E-state index contributed by atoms with van der Waals surface area (Å²) in [5.41, 5.74) is 0. The van der Waals surface area contributed by atoms with Gasteiger partial charge in [0.2, 0.25) is 0 Å². The van der Waals surface area contributed by atoms with Crippen LogP contribution in [-0.4, -0.2) is 57.8 Å². The van der Waals surface area contributed by atoms with Crippen molar-refractivity contribution in [1.29, 1.82) is 0 Å². The minimum Gasteiger partial charge on any atom is -0.481 e. The minimum absolute atomic E-state index is 0.0258. The van der Waals surface area contributed by atoms with Crippen LogP contribution in [0.1, 0.15) is 105 Å². The highest BCUT2D eigenvalue weighted by Gasteiger charge is 2.23. The molecule has 1 fully saturated rings. The Kier molecular flexibility index (Phi) is 22.7. The quantitative estimate of drug-likeness (QED) is 0.279. The highest BCUT2D eigenvalue weighted by atomic mass is 16.5. The summed E-state index contributed by atoms with van der Waals surface area (Å²) >= 11 is 0. The molecule has 7 heteroatoms. The Morgan fingerprint density at radius 1 is 0.710 bits per heavy atom. The van der Waals surface area contributed by atoms with Crippen LogP contribution < -0.4 is 0 Å². The van der Waals surface area contributed by atoms with Gasteiger partial charge in [-0.2, -0.15) is 0 Å². The van der Waals surface area contributed by atoms with Crippen LogP contribution in [0.5, 0.6) is 0 Å². The van der Waals surface area contributed by atoms with E-state index in [1.54, 1.807) is 0 Å². The predicted molar refractivity (Wildman–Crippen MR) is 123 cm³/mol. The van der Waals surface area contributed by atoms with Crippen molar-refractivity contribution >= 4 is 11.9 Å². The fourth-order valence-corrected chi connectivity index (χ4v) is 3.06. The maximum Gasteiger partial charge on any atom is 0.303 e. The number of rotatable bonds is 14. The maximum atomic E-state index is 10.1. The molecule has 1 aliphatic rings. The standard InChI is InChI=1S/2C9H18O2.C6H12O3/c2*1-8(2)6-4-3-5-7-9(10)11;7-3-5-1-2-6(4-8)9-5/h2*8H,3-7H2,1-2H3,(H,10,11);5-8H,1-4H2. The van der Waals surface area contributed by atoms with Crippen molar-refractivity contribution in [1.82, 2.24) is 0 Å². The van der Waals surface area contributed by atoms with Gasteiger partial charge < -0.3 is 25.2 Å². The summed E-state index contributed by atoms with van der Waals surface area (Å²) in [6.07, 6.45) is 10.9. The van der Waals surface area contributed by atoms with Crippen LogP contribution >= 0.6 is 0 Å². The molecule has 0 aliphatic carbocycles. The van der Waals surface area contributed by atoms with E-state index in [0.29, 0.717) is 12.8 Å². The first-order chi connectivity index (χ1) is 14.6. The number of unbranched alkanes of at least 4 members (excludes halogenated alkanes) is 4. The molecule has 1 rings (SSSR count). The Hall–Kier alpha value is -1.18. The van der Waals surface area contributed by atoms with Crippen LogP contribution in [0.3, 0.4) is 0 Å². The third kappa shape index (κ3) is 26.8. The van der Waals surface area contributed by atoms with Crippen molar-refractivity contribution in [2.24, 2.45) is 11.8 Å². The van der Waals surface area contributed by atoms with Crippen molar-refractivity contribution in [3.63, 3.8) is 0 Å². The van der Waals surface area contributed by atoms with Crippen molar-refractivity contribution in [3.05, 3.63) is 0 Å². The average molecular weight is 449 g/mol. The number of aliphatic hydroxyl groups is 2. The lowest BCUT2D eigenvalue weighted by Crippen LogP contribution is -2.16. The van der Waals surface area contributed by atoms with E-state index in [4.69, 9.17) is 25.2 Å². The normalized spacial score (nSPS) is 17.7. The van der Waals surface area contributed by atoms with Crippen LogP contribution in [0.2, 0.25) is 0 Å². The van der Waals surface area contributed by atoms with Gasteiger partial charge in [0.15, 0.2) is 0 Å². The number of carbonyl (C=O) groups is 2. The fourth-order valence-electron chi connectivity index (χ4n) is 3.06. The van der Waals surface area contributed by atoms with E-state index in [9.17, 15) is 9.59 Å². The Morgan fingerprint density at radius 3 is 1.29 bits per heavy atom. The first kappa shape index (κ1) is 32.0. The van der Waals surface area contributed by atoms with Crippen LogP contribution in [0.15, 0.2) is 0 Å². The Labute approximate surface area is 189 Å². The molecule has 0 bridgehead atoms. The molecule has 186 valence electrons. The zero-order valence-corrected chi connectivity index (χ0v) is 20.2. The van der Waals surface area contributed by atoms with Gasteiger partial charge in [-0.25, -0.2) is 0 Å². The SMILES string of the molecule is CC(C)CCCCCC(=O)O.CC(C)CCCCCC(=O)O.OCC1CCC(CO)O1. The first-order valence-electron chi connectivity index (χ1n) is 11.9. The van der Waals surface area contributed by atoms with Gasteiger partial charge in [0.1, 0.15) is 0 Å².